The minimum absolute atomic E-state index is 0.139. The van der Waals surface area contributed by atoms with Crippen LogP contribution in [-0.4, -0.2) is 32.7 Å². The van der Waals surface area contributed by atoms with E-state index < -0.39 is 10.0 Å². The summed E-state index contributed by atoms with van der Waals surface area (Å²) in [7, 11) is -0.562. The largest absolute Gasteiger partial charge is 0.352 e. The number of rotatable bonds is 6. The van der Waals surface area contributed by atoms with Crippen LogP contribution in [0.3, 0.4) is 0 Å². The number of aryl methyl sites for hydroxylation is 2. The number of hydrogen-bond acceptors (Lipinski definition) is 3. The Kier molecular flexibility index (Phi) is 5.98. The Morgan fingerprint density at radius 1 is 1.04 bits per heavy atom. The summed E-state index contributed by atoms with van der Waals surface area (Å²) in [6.45, 7) is 4.22. The fourth-order valence-corrected chi connectivity index (χ4v) is 3.57. The summed E-state index contributed by atoms with van der Waals surface area (Å²) in [5, 5.41) is 2.81. The molecule has 2 aromatic carbocycles. The molecule has 0 spiro atoms. The second-order valence-corrected chi connectivity index (χ2v) is 8.39. The van der Waals surface area contributed by atoms with Crippen LogP contribution in [0.1, 0.15) is 22.3 Å². The zero-order chi connectivity index (χ0) is 18.6. The predicted molar refractivity (Wildman–Crippen MR) is 98.8 cm³/mol. The topological polar surface area (TPSA) is 66.5 Å². The lowest BCUT2D eigenvalue weighted by atomic mass is 10.0. The first kappa shape index (κ1) is 19.1. The molecule has 0 aromatic heterocycles. The third-order valence-corrected chi connectivity index (χ3v) is 6.06. The van der Waals surface area contributed by atoms with E-state index in [0.29, 0.717) is 5.56 Å². The van der Waals surface area contributed by atoms with Gasteiger partial charge in [0, 0.05) is 20.6 Å². The van der Waals surface area contributed by atoms with Crippen LogP contribution in [0.2, 0.25) is 0 Å². The maximum absolute atomic E-state index is 12.4. The number of sulfonamides is 1. The normalized spacial score (nSPS) is 11.6. The van der Waals surface area contributed by atoms with Crippen molar-refractivity contribution < 1.29 is 13.2 Å². The molecule has 0 saturated carbocycles. The van der Waals surface area contributed by atoms with Gasteiger partial charge in [0.2, 0.25) is 15.9 Å². The molecular weight excluding hydrogens is 336 g/mol. The van der Waals surface area contributed by atoms with Crippen molar-refractivity contribution in [2.24, 2.45) is 0 Å². The van der Waals surface area contributed by atoms with Crippen molar-refractivity contribution in [3.8, 4) is 0 Å². The van der Waals surface area contributed by atoms with E-state index in [1.807, 2.05) is 32.0 Å². The first-order chi connectivity index (χ1) is 11.7. The third-order valence-electron chi connectivity index (χ3n) is 4.14. The Hall–Kier alpha value is -2.18. The lowest BCUT2D eigenvalue weighted by molar-refractivity contribution is -0.120. The maximum Gasteiger partial charge on any atom is 0.242 e. The van der Waals surface area contributed by atoms with Crippen LogP contribution >= 0.6 is 0 Å². The second-order valence-electron chi connectivity index (χ2n) is 6.27. The summed E-state index contributed by atoms with van der Waals surface area (Å²) in [5.74, 6) is -0.139. The molecule has 25 heavy (non-hydrogen) atoms. The van der Waals surface area contributed by atoms with E-state index in [4.69, 9.17) is 0 Å². The van der Waals surface area contributed by atoms with Gasteiger partial charge in [-0.2, -0.15) is 0 Å². The first-order valence-electron chi connectivity index (χ1n) is 8.05. The van der Waals surface area contributed by atoms with Gasteiger partial charge in [0.1, 0.15) is 0 Å². The van der Waals surface area contributed by atoms with Crippen LogP contribution in [0, 0.1) is 13.8 Å². The van der Waals surface area contributed by atoms with E-state index in [0.717, 1.165) is 11.1 Å². The van der Waals surface area contributed by atoms with Gasteiger partial charge < -0.3 is 5.32 Å². The van der Waals surface area contributed by atoms with Crippen molar-refractivity contribution in [1.82, 2.24) is 9.62 Å². The van der Waals surface area contributed by atoms with Gasteiger partial charge in [-0.25, -0.2) is 12.7 Å². The van der Waals surface area contributed by atoms with Gasteiger partial charge in [0.05, 0.1) is 11.3 Å². The number of nitrogens with zero attached hydrogens (tertiary/aromatic N) is 1. The minimum Gasteiger partial charge on any atom is -0.352 e. The Morgan fingerprint density at radius 2 is 1.72 bits per heavy atom. The quantitative estimate of drug-likeness (QED) is 0.860. The van der Waals surface area contributed by atoms with Gasteiger partial charge in [0.25, 0.3) is 0 Å². The van der Waals surface area contributed by atoms with Crippen molar-refractivity contribution in [2.75, 3.05) is 14.1 Å². The standard InChI is InChI=1S/C19H24N2O3S/c1-14-9-10-16(11-15(14)2)12-19(22)20-13-17-7-5-6-8-18(17)25(23,24)21(3)4/h5-11H,12-13H2,1-4H3,(H,20,22). The summed E-state index contributed by atoms with van der Waals surface area (Å²) in [6.07, 6.45) is 0.268. The van der Waals surface area contributed by atoms with Crippen LogP contribution in [-0.2, 0) is 27.8 Å². The van der Waals surface area contributed by atoms with E-state index in [2.05, 4.69) is 5.32 Å². The number of carbonyl (C=O) groups excluding carboxylic acids is 1. The zero-order valence-corrected chi connectivity index (χ0v) is 15.9. The number of carbonyl (C=O) groups is 1. The summed E-state index contributed by atoms with van der Waals surface area (Å²) >= 11 is 0. The molecule has 0 aliphatic heterocycles. The fourth-order valence-electron chi connectivity index (χ4n) is 2.45. The van der Waals surface area contributed by atoms with Crippen molar-refractivity contribution in [1.29, 1.82) is 0 Å². The number of benzene rings is 2. The van der Waals surface area contributed by atoms with Gasteiger partial charge in [0.15, 0.2) is 0 Å². The second kappa shape index (κ2) is 7.80. The highest BCUT2D eigenvalue weighted by atomic mass is 32.2. The molecule has 2 rings (SSSR count). The highest BCUT2D eigenvalue weighted by Crippen LogP contribution is 2.18. The molecule has 0 aliphatic rings. The predicted octanol–water partition coefficient (Wildman–Crippen LogP) is 2.41. The molecule has 0 radical (unpaired) electrons. The van der Waals surface area contributed by atoms with E-state index in [9.17, 15) is 13.2 Å². The lowest BCUT2D eigenvalue weighted by Gasteiger charge is -2.15. The third kappa shape index (κ3) is 4.67. The molecule has 0 unspecified atom stereocenters. The Morgan fingerprint density at radius 3 is 2.36 bits per heavy atom. The smallest absolute Gasteiger partial charge is 0.242 e. The van der Waals surface area contributed by atoms with E-state index in [1.54, 1.807) is 24.3 Å². The summed E-state index contributed by atoms with van der Waals surface area (Å²) in [4.78, 5) is 12.4. The van der Waals surface area contributed by atoms with Gasteiger partial charge >= 0.3 is 0 Å². The summed E-state index contributed by atoms with van der Waals surface area (Å²) < 4.78 is 25.9. The molecular formula is C19H24N2O3S. The lowest BCUT2D eigenvalue weighted by Crippen LogP contribution is -2.27. The van der Waals surface area contributed by atoms with Crippen LogP contribution in [0.4, 0.5) is 0 Å². The van der Waals surface area contributed by atoms with Gasteiger partial charge in [-0.3, -0.25) is 4.79 Å². The molecule has 0 atom stereocenters. The zero-order valence-electron chi connectivity index (χ0n) is 15.0. The molecule has 1 amide bonds. The average Bonchev–Trinajstić information content (AvgIpc) is 2.56. The van der Waals surface area contributed by atoms with Gasteiger partial charge in [-0.15, -0.1) is 0 Å². The molecule has 134 valence electrons. The monoisotopic (exact) mass is 360 g/mol. The van der Waals surface area contributed by atoms with E-state index in [-0.39, 0.29) is 23.8 Å². The maximum atomic E-state index is 12.4. The average molecular weight is 360 g/mol. The van der Waals surface area contributed by atoms with Crippen LogP contribution in [0.25, 0.3) is 0 Å². The van der Waals surface area contributed by atoms with Crippen LogP contribution < -0.4 is 5.32 Å². The highest BCUT2D eigenvalue weighted by molar-refractivity contribution is 7.89. The molecule has 0 aliphatic carbocycles. The molecule has 0 heterocycles. The van der Waals surface area contributed by atoms with E-state index >= 15 is 0 Å². The van der Waals surface area contributed by atoms with E-state index in [1.165, 1.54) is 24.0 Å². The van der Waals surface area contributed by atoms with Crippen molar-refractivity contribution in [3.05, 3.63) is 64.7 Å². The number of amides is 1. The molecule has 0 bridgehead atoms. The molecule has 0 fully saturated rings. The van der Waals surface area contributed by atoms with Gasteiger partial charge in [-0.1, -0.05) is 36.4 Å². The number of hydrogen-bond donors (Lipinski definition) is 1. The summed E-state index contributed by atoms with van der Waals surface area (Å²) in [5.41, 5.74) is 3.85. The molecule has 1 N–H and O–H groups in total. The summed E-state index contributed by atoms with van der Waals surface area (Å²) in [6, 6.07) is 12.6. The Labute approximate surface area is 149 Å². The van der Waals surface area contributed by atoms with Crippen molar-refractivity contribution >= 4 is 15.9 Å². The van der Waals surface area contributed by atoms with Crippen LogP contribution in [0.15, 0.2) is 47.4 Å². The van der Waals surface area contributed by atoms with Crippen molar-refractivity contribution in [2.45, 2.75) is 31.7 Å². The first-order valence-corrected chi connectivity index (χ1v) is 9.49. The highest BCUT2D eigenvalue weighted by Gasteiger charge is 2.20. The number of nitrogens with one attached hydrogen (secondary N) is 1. The van der Waals surface area contributed by atoms with Gasteiger partial charge in [-0.05, 0) is 42.2 Å². The Balaban J connectivity index is 2.09. The van der Waals surface area contributed by atoms with Crippen LogP contribution in [0.5, 0.6) is 0 Å². The Bertz CT molecular complexity index is 874. The van der Waals surface area contributed by atoms with Crippen molar-refractivity contribution in [3.63, 3.8) is 0 Å². The fraction of sp³-hybridized carbons (Fsp3) is 0.316. The molecule has 2 aromatic rings. The molecule has 0 saturated heterocycles. The molecule has 5 nitrogen and oxygen atoms in total. The minimum atomic E-state index is -3.54. The molecule has 6 heteroatoms. The SMILES string of the molecule is Cc1ccc(CC(=O)NCc2ccccc2S(=O)(=O)N(C)C)cc1C.